The van der Waals surface area contributed by atoms with Crippen molar-refractivity contribution in [3.63, 3.8) is 0 Å². The standard InChI is InChI=1S/C17H19IN2/c18-15-7-5-8-16(12-15)19-13-14-6-1-2-9-17(14)20-10-3-4-11-20/h1-2,5-9,12,19H,3-4,10-11,13H2. The molecule has 1 N–H and O–H groups in total. The second-order valence-electron chi connectivity index (χ2n) is 5.19. The van der Waals surface area contributed by atoms with Crippen LogP contribution in [-0.4, -0.2) is 13.1 Å². The molecule has 0 aliphatic carbocycles. The minimum atomic E-state index is 0.882. The van der Waals surface area contributed by atoms with Gasteiger partial charge >= 0.3 is 0 Å². The van der Waals surface area contributed by atoms with Crippen LogP contribution in [0.5, 0.6) is 0 Å². The third-order valence-electron chi connectivity index (χ3n) is 3.75. The van der Waals surface area contributed by atoms with E-state index in [4.69, 9.17) is 0 Å². The van der Waals surface area contributed by atoms with Crippen molar-refractivity contribution in [1.29, 1.82) is 0 Å². The molecule has 2 aromatic carbocycles. The third-order valence-corrected chi connectivity index (χ3v) is 4.42. The average molecular weight is 378 g/mol. The van der Waals surface area contributed by atoms with Gasteiger partial charge in [0, 0.05) is 34.6 Å². The van der Waals surface area contributed by atoms with Crippen molar-refractivity contribution in [1.82, 2.24) is 0 Å². The molecule has 1 saturated heterocycles. The van der Waals surface area contributed by atoms with E-state index in [0.29, 0.717) is 0 Å². The Bertz CT molecular complexity index is 577. The lowest BCUT2D eigenvalue weighted by atomic mass is 10.1. The maximum atomic E-state index is 3.53. The lowest BCUT2D eigenvalue weighted by Gasteiger charge is -2.21. The summed E-state index contributed by atoms with van der Waals surface area (Å²) in [6.45, 7) is 3.27. The molecule has 1 aliphatic heterocycles. The van der Waals surface area contributed by atoms with Gasteiger partial charge in [0.25, 0.3) is 0 Å². The Kier molecular flexibility index (Phi) is 4.45. The molecule has 2 nitrogen and oxygen atoms in total. The second-order valence-corrected chi connectivity index (χ2v) is 6.43. The molecule has 3 rings (SSSR count). The van der Waals surface area contributed by atoms with Gasteiger partial charge in [0.05, 0.1) is 0 Å². The highest BCUT2D eigenvalue weighted by atomic mass is 127. The number of anilines is 2. The van der Waals surface area contributed by atoms with Crippen LogP contribution in [0, 0.1) is 3.57 Å². The summed E-state index contributed by atoms with van der Waals surface area (Å²) in [5.74, 6) is 0. The predicted octanol–water partition coefficient (Wildman–Crippen LogP) is 4.50. The zero-order valence-corrected chi connectivity index (χ0v) is 13.6. The number of nitrogens with one attached hydrogen (secondary N) is 1. The summed E-state index contributed by atoms with van der Waals surface area (Å²) < 4.78 is 1.26. The Morgan fingerprint density at radius 1 is 1.00 bits per heavy atom. The average Bonchev–Trinajstić information content (AvgIpc) is 3.00. The number of hydrogen-bond acceptors (Lipinski definition) is 2. The van der Waals surface area contributed by atoms with E-state index in [2.05, 4.69) is 81.3 Å². The molecule has 1 heterocycles. The molecule has 0 radical (unpaired) electrons. The van der Waals surface area contributed by atoms with Gasteiger partial charge in [0.15, 0.2) is 0 Å². The van der Waals surface area contributed by atoms with Gasteiger partial charge in [-0.2, -0.15) is 0 Å². The van der Waals surface area contributed by atoms with Gasteiger partial charge in [-0.3, -0.25) is 0 Å². The molecule has 0 spiro atoms. The molecule has 0 bridgehead atoms. The van der Waals surface area contributed by atoms with Crippen LogP contribution in [0.15, 0.2) is 48.5 Å². The van der Waals surface area contributed by atoms with Crippen LogP contribution in [0.25, 0.3) is 0 Å². The number of rotatable bonds is 4. The first-order chi connectivity index (χ1) is 9.83. The summed E-state index contributed by atoms with van der Waals surface area (Å²) in [6, 6.07) is 17.3. The van der Waals surface area contributed by atoms with E-state index in [1.54, 1.807) is 0 Å². The monoisotopic (exact) mass is 378 g/mol. The molecule has 1 aliphatic rings. The maximum absolute atomic E-state index is 3.53. The van der Waals surface area contributed by atoms with Gasteiger partial charge in [-0.1, -0.05) is 24.3 Å². The van der Waals surface area contributed by atoms with Crippen molar-refractivity contribution >= 4 is 34.0 Å². The van der Waals surface area contributed by atoms with Gasteiger partial charge in [0.2, 0.25) is 0 Å². The molecule has 0 saturated carbocycles. The van der Waals surface area contributed by atoms with E-state index < -0.39 is 0 Å². The molecule has 1 fully saturated rings. The van der Waals surface area contributed by atoms with Crippen LogP contribution in [-0.2, 0) is 6.54 Å². The summed E-state index contributed by atoms with van der Waals surface area (Å²) in [6.07, 6.45) is 2.64. The summed E-state index contributed by atoms with van der Waals surface area (Å²) in [4.78, 5) is 2.51. The molecular weight excluding hydrogens is 359 g/mol. The van der Waals surface area contributed by atoms with Crippen molar-refractivity contribution in [2.75, 3.05) is 23.3 Å². The van der Waals surface area contributed by atoms with E-state index in [9.17, 15) is 0 Å². The Morgan fingerprint density at radius 3 is 2.60 bits per heavy atom. The SMILES string of the molecule is Ic1cccc(NCc2ccccc2N2CCCC2)c1. The van der Waals surface area contributed by atoms with Crippen LogP contribution < -0.4 is 10.2 Å². The first kappa shape index (κ1) is 13.7. The number of halogens is 1. The van der Waals surface area contributed by atoms with Crippen molar-refractivity contribution in [3.8, 4) is 0 Å². The van der Waals surface area contributed by atoms with Crippen molar-refractivity contribution < 1.29 is 0 Å². The summed E-state index contributed by atoms with van der Waals surface area (Å²) in [7, 11) is 0. The Morgan fingerprint density at radius 2 is 1.80 bits per heavy atom. The van der Waals surface area contributed by atoms with E-state index in [-0.39, 0.29) is 0 Å². The lowest BCUT2D eigenvalue weighted by Crippen LogP contribution is -2.19. The van der Waals surface area contributed by atoms with E-state index in [1.165, 1.54) is 46.4 Å². The van der Waals surface area contributed by atoms with Crippen LogP contribution >= 0.6 is 22.6 Å². The van der Waals surface area contributed by atoms with E-state index in [1.807, 2.05) is 0 Å². The van der Waals surface area contributed by atoms with Crippen LogP contribution in [0.1, 0.15) is 18.4 Å². The van der Waals surface area contributed by atoms with Crippen molar-refractivity contribution in [3.05, 3.63) is 57.7 Å². The lowest BCUT2D eigenvalue weighted by molar-refractivity contribution is 0.949. The zero-order chi connectivity index (χ0) is 13.8. The Labute approximate surface area is 134 Å². The van der Waals surface area contributed by atoms with E-state index in [0.717, 1.165) is 6.54 Å². The molecule has 0 atom stereocenters. The first-order valence-corrected chi connectivity index (χ1v) is 8.23. The van der Waals surface area contributed by atoms with Crippen molar-refractivity contribution in [2.24, 2.45) is 0 Å². The number of benzene rings is 2. The molecule has 0 unspecified atom stereocenters. The maximum Gasteiger partial charge on any atom is 0.0421 e. The smallest absolute Gasteiger partial charge is 0.0421 e. The minimum absolute atomic E-state index is 0.882. The fraction of sp³-hybridized carbons (Fsp3) is 0.294. The molecule has 104 valence electrons. The normalized spacial score (nSPS) is 14.6. The molecule has 0 aromatic heterocycles. The summed E-state index contributed by atoms with van der Waals surface area (Å²) in [5, 5.41) is 3.53. The first-order valence-electron chi connectivity index (χ1n) is 7.15. The second kappa shape index (κ2) is 6.48. The van der Waals surface area contributed by atoms with Crippen LogP contribution in [0.2, 0.25) is 0 Å². The molecule has 0 amide bonds. The summed E-state index contributed by atoms with van der Waals surface area (Å²) >= 11 is 2.35. The molecule has 3 heteroatoms. The van der Waals surface area contributed by atoms with Crippen molar-refractivity contribution in [2.45, 2.75) is 19.4 Å². The van der Waals surface area contributed by atoms with Gasteiger partial charge in [-0.05, 0) is 65.3 Å². The predicted molar refractivity (Wildman–Crippen MR) is 94.4 cm³/mol. The van der Waals surface area contributed by atoms with Crippen LogP contribution in [0.3, 0.4) is 0 Å². The third kappa shape index (κ3) is 3.26. The van der Waals surface area contributed by atoms with Gasteiger partial charge in [-0.25, -0.2) is 0 Å². The van der Waals surface area contributed by atoms with Gasteiger partial charge < -0.3 is 10.2 Å². The topological polar surface area (TPSA) is 15.3 Å². The minimum Gasteiger partial charge on any atom is -0.381 e. The molecule has 2 aromatic rings. The largest absolute Gasteiger partial charge is 0.381 e. The van der Waals surface area contributed by atoms with Gasteiger partial charge in [0.1, 0.15) is 0 Å². The molecular formula is C17H19IN2. The Balaban J connectivity index is 1.74. The summed E-state index contributed by atoms with van der Waals surface area (Å²) in [5.41, 5.74) is 3.96. The quantitative estimate of drug-likeness (QED) is 0.788. The van der Waals surface area contributed by atoms with Gasteiger partial charge in [-0.15, -0.1) is 0 Å². The zero-order valence-electron chi connectivity index (χ0n) is 11.5. The number of para-hydroxylation sites is 1. The fourth-order valence-electron chi connectivity index (χ4n) is 2.72. The van der Waals surface area contributed by atoms with Crippen LogP contribution in [0.4, 0.5) is 11.4 Å². The van der Waals surface area contributed by atoms with E-state index >= 15 is 0 Å². The number of hydrogen-bond donors (Lipinski definition) is 1. The highest BCUT2D eigenvalue weighted by Crippen LogP contribution is 2.25. The Hall–Kier alpha value is -1.23. The fourth-order valence-corrected chi connectivity index (χ4v) is 3.27. The molecule has 20 heavy (non-hydrogen) atoms. The highest BCUT2D eigenvalue weighted by Gasteiger charge is 2.14. The highest BCUT2D eigenvalue weighted by molar-refractivity contribution is 14.1. The number of nitrogens with zero attached hydrogens (tertiary/aromatic N) is 1.